The molecule has 1 saturated carbocycles. The van der Waals surface area contributed by atoms with Crippen LogP contribution in [-0.4, -0.2) is 16.7 Å². The SMILES string of the molecule is CC(=O)c1cc(Cl)c(NC2CCCC2)cc1[N+](=O)[O-]. The lowest BCUT2D eigenvalue weighted by Gasteiger charge is -2.15. The molecule has 102 valence electrons. The number of nitrogens with one attached hydrogen (secondary N) is 1. The Kier molecular flexibility index (Phi) is 4.04. The predicted octanol–water partition coefficient (Wildman–Crippen LogP) is 3.81. The zero-order valence-electron chi connectivity index (χ0n) is 10.6. The van der Waals surface area contributed by atoms with Crippen LogP contribution in [0.1, 0.15) is 43.0 Å². The minimum atomic E-state index is -0.549. The molecule has 0 atom stereocenters. The lowest BCUT2D eigenvalue weighted by molar-refractivity contribution is -0.385. The molecule has 19 heavy (non-hydrogen) atoms. The summed E-state index contributed by atoms with van der Waals surface area (Å²) in [5, 5.41) is 14.6. The Labute approximate surface area is 116 Å². The first-order chi connectivity index (χ1) is 8.99. The molecule has 0 bridgehead atoms. The van der Waals surface area contributed by atoms with Gasteiger partial charge in [-0.1, -0.05) is 24.4 Å². The molecule has 0 aromatic heterocycles. The van der Waals surface area contributed by atoms with E-state index in [4.69, 9.17) is 11.6 Å². The lowest BCUT2D eigenvalue weighted by Crippen LogP contribution is -2.15. The van der Waals surface area contributed by atoms with Crippen molar-refractivity contribution in [2.75, 3.05) is 5.32 Å². The summed E-state index contributed by atoms with van der Waals surface area (Å²) in [4.78, 5) is 21.9. The number of anilines is 1. The summed E-state index contributed by atoms with van der Waals surface area (Å²) in [7, 11) is 0. The maximum atomic E-state index is 11.4. The smallest absolute Gasteiger partial charge is 0.282 e. The number of hydrogen-bond acceptors (Lipinski definition) is 4. The van der Waals surface area contributed by atoms with Crippen LogP contribution in [-0.2, 0) is 0 Å². The summed E-state index contributed by atoms with van der Waals surface area (Å²) >= 11 is 6.09. The molecular formula is C13H15ClN2O3. The Morgan fingerprint density at radius 3 is 2.58 bits per heavy atom. The van der Waals surface area contributed by atoms with E-state index in [0.29, 0.717) is 16.8 Å². The highest BCUT2D eigenvalue weighted by atomic mass is 35.5. The van der Waals surface area contributed by atoms with Gasteiger partial charge in [0.2, 0.25) is 0 Å². The molecule has 0 saturated heterocycles. The van der Waals surface area contributed by atoms with Crippen molar-refractivity contribution in [3.8, 4) is 0 Å². The molecule has 1 N–H and O–H groups in total. The molecular weight excluding hydrogens is 268 g/mol. The molecule has 1 aliphatic rings. The Morgan fingerprint density at radius 2 is 2.05 bits per heavy atom. The van der Waals surface area contributed by atoms with E-state index >= 15 is 0 Å². The van der Waals surface area contributed by atoms with Gasteiger partial charge >= 0.3 is 0 Å². The molecule has 2 rings (SSSR count). The van der Waals surface area contributed by atoms with E-state index in [2.05, 4.69) is 5.32 Å². The normalized spacial score (nSPS) is 15.5. The van der Waals surface area contributed by atoms with Gasteiger partial charge in [-0.25, -0.2) is 0 Å². The van der Waals surface area contributed by atoms with Crippen molar-refractivity contribution in [2.24, 2.45) is 0 Å². The van der Waals surface area contributed by atoms with Gasteiger partial charge in [0.1, 0.15) is 0 Å². The average molecular weight is 283 g/mol. The highest BCUT2D eigenvalue weighted by molar-refractivity contribution is 6.33. The fourth-order valence-electron chi connectivity index (χ4n) is 2.40. The number of carbonyl (C=O) groups is 1. The third-order valence-electron chi connectivity index (χ3n) is 3.38. The second-order valence-corrected chi connectivity index (χ2v) is 5.20. The van der Waals surface area contributed by atoms with E-state index in [-0.39, 0.29) is 17.0 Å². The number of benzene rings is 1. The zero-order chi connectivity index (χ0) is 14.0. The van der Waals surface area contributed by atoms with Crippen molar-refractivity contribution in [2.45, 2.75) is 38.6 Å². The quantitative estimate of drug-likeness (QED) is 0.518. The zero-order valence-corrected chi connectivity index (χ0v) is 11.4. The van der Waals surface area contributed by atoms with Gasteiger partial charge in [-0.15, -0.1) is 0 Å². The van der Waals surface area contributed by atoms with Crippen LogP contribution in [0.5, 0.6) is 0 Å². The van der Waals surface area contributed by atoms with Crippen LogP contribution < -0.4 is 5.32 Å². The molecule has 0 aliphatic heterocycles. The van der Waals surface area contributed by atoms with Crippen LogP contribution in [0.25, 0.3) is 0 Å². The number of nitro benzene ring substituents is 1. The van der Waals surface area contributed by atoms with Gasteiger partial charge in [0.05, 0.1) is 21.2 Å². The summed E-state index contributed by atoms with van der Waals surface area (Å²) in [6, 6.07) is 3.04. The van der Waals surface area contributed by atoms with E-state index < -0.39 is 4.92 Å². The van der Waals surface area contributed by atoms with Crippen LogP contribution in [0.15, 0.2) is 12.1 Å². The first kappa shape index (κ1) is 13.8. The minimum Gasteiger partial charge on any atom is -0.381 e. The summed E-state index contributed by atoms with van der Waals surface area (Å²) in [5.41, 5.74) is 0.384. The van der Waals surface area contributed by atoms with E-state index in [1.54, 1.807) is 0 Å². The van der Waals surface area contributed by atoms with Crippen molar-refractivity contribution in [1.82, 2.24) is 0 Å². The van der Waals surface area contributed by atoms with E-state index in [1.807, 2.05) is 0 Å². The van der Waals surface area contributed by atoms with E-state index in [1.165, 1.54) is 19.1 Å². The highest BCUT2D eigenvalue weighted by Gasteiger charge is 2.22. The summed E-state index contributed by atoms with van der Waals surface area (Å²) in [5.74, 6) is -0.360. The van der Waals surface area contributed by atoms with Crippen LogP contribution in [0, 0.1) is 10.1 Å². The average Bonchev–Trinajstić information content (AvgIpc) is 2.83. The largest absolute Gasteiger partial charge is 0.381 e. The van der Waals surface area contributed by atoms with Gasteiger partial charge in [-0.2, -0.15) is 0 Å². The van der Waals surface area contributed by atoms with E-state index in [9.17, 15) is 14.9 Å². The van der Waals surface area contributed by atoms with Crippen LogP contribution in [0.2, 0.25) is 5.02 Å². The molecule has 1 aromatic carbocycles. The minimum absolute atomic E-state index is 0.0481. The van der Waals surface area contributed by atoms with Gasteiger partial charge in [-0.3, -0.25) is 14.9 Å². The molecule has 5 nitrogen and oxygen atoms in total. The molecule has 0 unspecified atom stereocenters. The summed E-state index contributed by atoms with van der Waals surface area (Å²) < 4.78 is 0. The summed E-state index contributed by atoms with van der Waals surface area (Å²) in [6.45, 7) is 1.29. The van der Waals surface area contributed by atoms with Crippen LogP contribution in [0.4, 0.5) is 11.4 Å². The lowest BCUT2D eigenvalue weighted by atomic mass is 10.1. The fourth-order valence-corrected chi connectivity index (χ4v) is 2.61. The molecule has 1 fully saturated rings. The second kappa shape index (κ2) is 5.57. The monoisotopic (exact) mass is 282 g/mol. The Bertz CT molecular complexity index is 525. The number of nitrogens with zero attached hydrogens (tertiary/aromatic N) is 1. The number of halogens is 1. The molecule has 1 aliphatic carbocycles. The van der Waals surface area contributed by atoms with E-state index in [0.717, 1.165) is 25.7 Å². The van der Waals surface area contributed by atoms with Crippen molar-refractivity contribution < 1.29 is 9.72 Å². The first-order valence-electron chi connectivity index (χ1n) is 6.24. The van der Waals surface area contributed by atoms with Gasteiger partial charge in [-0.05, 0) is 25.8 Å². The highest BCUT2D eigenvalue weighted by Crippen LogP contribution is 2.33. The fraction of sp³-hybridized carbons (Fsp3) is 0.462. The van der Waals surface area contributed by atoms with Gasteiger partial charge in [0.25, 0.3) is 5.69 Å². The maximum Gasteiger partial charge on any atom is 0.282 e. The second-order valence-electron chi connectivity index (χ2n) is 4.79. The number of ketones is 1. The number of Topliss-reactive ketones (excluding diaryl/α,β-unsaturated/α-hetero) is 1. The van der Waals surface area contributed by atoms with Gasteiger partial charge in [0, 0.05) is 12.1 Å². The van der Waals surface area contributed by atoms with Crippen molar-refractivity contribution in [3.05, 3.63) is 32.8 Å². The van der Waals surface area contributed by atoms with Crippen molar-refractivity contribution in [3.63, 3.8) is 0 Å². The van der Waals surface area contributed by atoms with Crippen molar-refractivity contribution >= 4 is 28.8 Å². The molecule has 0 radical (unpaired) electrons. The van der Waals surface area contributed by atoms with Gasteiger partial charge < -0.3 is 5.32 Å². The molecule has 0 amide bonds. The Balaban J connectivity index is 2.36. The first-order valence-corrected chi connectivity index (χ1v) is 6.62. The number of nitro groups is 1. The number of carbonyl (C=O) groups excluding carboxylic acids is 1. The third-order valence-corrected chi connectivity index (χ3v) is 3.69. The Morgan fingerprint density at radius 1 is 1.42 bits per heavy atom. The summed E-state index contributed by atoms with van der Waals surface area (Å²) in [6.07, 6.45) is 4.39. The standard InChI is InChI=1S/C13H15ClN2O3/c1-8(17)10-6-11(14)12(7-13(10)16(18)19)15-9-4-2-3-5-9/h6-7,9,15H,2-5H2,1H3. The Hall–Kier alpha value is -1.62. The molecule has 1 aromatic rings. The maximum absolute atomic E-state index is 11.4. The molecule has 0 spiro atoms. The molecule has 0 heterocycles. The predicted molar refractivity (Wildman–Crippen MR) is 74.0 cm³/mol. The number of rotatable bonds is 4. The van der Waals surface area contributed by atoms with Crippen LogP contribution >= 0.6 is 11.6 Å². The van der Waals surface area contributed by atoms with Crippen molar-refractivity contribution in [1.29, 1.82) is 0 Å². The van der Waals surface area contributed by atoms with Crippen LogP contribution in [0.3, 0.4) is 0 Å². The molecule has 6 heteroatoms. The topological polar surface area (TPSA) is 72.2 Å². The van der Waals surface area contributed by atoms with Gasteiger partial charge in [0.15, 0.2) is 5.78 Å². The third kappa shape index (κ3) is 3.04. The number of hydrogen-bond donors (Lipinski definition) is 1.